The number of nitrogens with zero attached hydrogens (tertiary/aromatic N) is 2. The van der Waals surface area contributed by atoms with E-state index in [0.29, 0.717) is 5.69 Å². The molecule has 6 heteroatoms. The number of nitrogens with one attached hydrogen (secondary N) is 3. The van der Waals surface area contributed by atoms with E-state index in [0.717, 1.165) is 47.0 Å². The molecule has 0 saturated carbocycles. The van der Waals surface area contributed by atoms with Crippen molar-refractivity contribution in [3.63, 3.8) is 0 Å². The third-order valence-corrected chi connectivity index (χ3v) is 4.01. The summed E-state index contributed by atoms with van der Waals surface area (Å²) in [6.45, 7) is 0. The zero-order chi connectivity index (χ0) is 14.9. The molecular formula is C16H15N5O. The Morgan fingerprint density at radius 3 is 3.18 bits per heavy atom. The third kappa shape index (κ3) is 2.09. The Morgan fingerprint density at radius 1 is 1.32 bits per heavy atom. The Kier molecular flexibility index (Phi) is 3.00. The predicted octanol–water partition coefficient (Wildman–Crippen LogP) is 2.14. The number of amides is 1. The van der Waals surface area contributed by atoms with E-state index in [1.54, 1.807) is 6.21 Å². The van der Waals surface area contributed by atoms with Gasteiger partial charge in [0.15, 0.2) is 5.69 Å². The van der Waals surface area contributed by atoms with Crippen LogP contribution in [0.2, 0.25) is 0 Å². The quantitative estimate of drug-likeness (QED) is 0.510. The Morgan fingerprint density at radius 2 is 2.23 bits per heavy atom. The molecule has 0 spiro atoms. The highest BCUT2D eigenvalue weighted by Gasteiger charge is 2.22. The summed E-state index contributed by atoms with van der Waals surface area (Å²) in [6, 6.07) is 7.95. The van der Waals surface area contributed by atoms with E-state index < -0.39 is 0 Å². The number of fused-ring (bicyclic) bond motifs is 2. The highest BCUT2D eigenvalue weighted by molar-refractivity contribution is 6.00. The number of aryl methyl sites for hydroxylation is 1. The molecule has 3 aromatic rings. The standard InChI is InChI=1S/C16H15N5O/c22-16(15-12-5-3-7-14(12)19-20-15)21-18-9-10-8-17-13-6-2-1-4-11(10)13/h1-2,4,6,8-9,17H,3,5,7H2,(H,19,20)(H,21,22)/b18-9-. The van der Waals surface area contributed by atoms with Crippen LogP contribution in [0.15, 0.2) is 35.6 Å². The lowest BCUT2D eigenvalue weighted by molar-refractivity contribution is 0.0949. The SMILES string of the molecule is O=C(N/N=C\c1c[nH]c2ccccc12)c1n[nH]c2c1CCC2. The third-order valence-electron chi connectivity index (χ3n) is 4.01. The van der Waals surface area contributed by atoms with E-state index in [1.165, 1.54) is 0 Å². The second-order valence-electron chi connectivity index (χ2n) is 5.37. The van der Waals surface area contributed by atoms with Gasteiger partial charge in [0, 0.05) is 33.9 Å². The van der Waals surface area contributed by atoms with Crippen molar-refractivity contribution < 1.29 is 4.79 Å². The minimum absolute atomic E-state index is 0.268. The molecule has 22 heavy (non-hydrogen) atoms. The van der Waals surface area contributed by atoms with Gasteiger partial charge in [-0.2, -0.15) is 10.2 Å². The molecule has 1 amide bonds. The summed E-state index contributed by atoms with van der Waals surface area (Å²) in [6.07, 6.45) is 6.45. The predicted molar refractivity (Wildman–Crippen MR) is 84.0 cm³/mol. The maximum absolute atomic E-state index is 12.1. The van der Waals surface area contributed by atoms with Gasteiger partial charge in [-0.05, 0) is 25.3 Å². The summed E-state index contributed by atoms with van der Waals surface area (Å²) in [7, 11) is 0. The number of aromatic nitrogens is 3. The van der Waals surface area contributed by atoms with Crippen molar-refractivity contribution in [2.75, 3.05) is 0 Å². The first kappa shape index (κ1) is 12.8. The number of hydrogen-bond donors (Lipinski definition) is 3. The second-order valence-corrected chi connectivity index (χ2v) is 5.37. The number of para-hydroxylation sites is 1. The van der Waals surface area contributed by atoms with Gasteiger partial charge in [0.1, 0.15) is 0 Å². The van der Waals surface area contributed by atoms with E-state index in [9.17, 15) is 4.79 Å². The molecule has 6 nitrogen and oxygen atoms in total. The van der Waals surface area contributed by atoms with Gasteiger partial charge >= 0.3 is 0 Å². The molecule has 0 bridgehead atoms. The van der Waals surface area contributed by atoms with Crippen molar-refractivity contribution in [2.24, 2.45) is 5.10 Å². The fraction of sp³-hybridized carbons (Fsp3) is 0.188. The smallest absolute Gasteiger partial charge is 0.292 e. The van der Waals surface area contributed by atoms with Crippen molar-refractivity contribution in [2.45, 2.75) is 19.3 Å². The minimum Gasteiger partial charge on any atom is -0.361 e. The molecule has 0 fully saturated rings. The summed E-state index contributed by atoms with van der Waals surface area (Å²) in [5.41, 5.74) is 7.09. The topological polar surface area (TPSA) is 85.9 Å². The fourth-order valence-corrected chi connectivity index (χ4v) is 2.92. The number of benzene rings is 1. The highest BCUT2D eigenvalue weighted by Crippen LogP contribution is 2.22. The van der Waals surface area contributed by atoms with Crippen LogP contribution in [0.4, 0.5) is 0 Å². The van der Waals surface area contributed by atoms with Crippen molar-refractivity contribution >= 4 is 23.0 Å². The van der Waals surface area contributed by atoms with Gasteiger partial charge in [0.05, 0.1) is 6.21 Å². The van der Waals surface area contributed by atoms with Gasteiger partial charge in [-0.25, -0.2) is 5.43 Å². The highest BCUT2D eigenvalue weighted by atomic mass is 16.2. The normalized spacial score (nSPS) is 13.8. The Labute approximate surface area is 126 Å². The largest absolute Gasteiger partial charge is 0.361 e. The van der Waals surface area contributed by atoms with Crippen molar-refractivity contribution in [1.29, 1.82) is 0 Å². The van der Waals surface area contributed by atoms with Gasteiger partial charge in [-0.3, -0.25) is 9.89 Å². The van der Waals surface area contributed by atoms with E-state index in [1.807, 2.05) is 30.5 Å². The zero-order valence-corrected chi connectivity index (χ0v) is 11.9. The Hall–Kier alpha value is -2.89. The Bertz CT molecular complexity index is 874. The molecule has 1 aliphatic rings. The number of carbonyl (C=O) groups excluding carboxylic acids is 1. The lowest BCUT2D eigenvalue weighted by atomic mass is 10.2. The molecular weight excluding hydrogens is 278 g/mol. The molecule has 0 aliphatic heterocycles. The van der Waals surface area contributed by atoms with Crippen LogP contribution < -0.4 is 5.43 Å². The molecule has 2 heterocycles. The van der Waals surface area contributed by atoms with Crippen LogP contribution in [0.25, 0.3) is 10.9 Å². The van der Waals surface area contributed by atoms with Crippen molar-refractivity contribution in [3.8, 4) is 0 Å². The molecule has 0 radical (unpaired) electrons. The summed E-state index contributed by atoms with van der Waals surface area (Å²) in [5.74, 6) is -0.268. The lowest BCUT2D eigenvalue weighted by Crippen LogP contribution is -2.19. The van der Waals surface area contributed by atoms with E-state index in [2.05, 4.69) is 25.7 Å². The minimum atomic E-state index is -0.268. The van der Waals surface area contributed by atoms with Crippen LogP contribution in [-0.2, 0) is 12.8 Å². The van der Waals surface area contributed by atoms with Crippen LogP contribution >= 0.6 is 0 Å². The van der Waals surface area contributed by atoms with Crippen LogP contribution in [-0.4, -0.2) is 27.3 Å². The van der Waals surface area contributed by atoms with Gasteiger partial charge in [0.25, 0.3) is 5.91 Å². The Balaban J connectivity index is 1.51. The summed E-state index contributed by atoms with van der Waals surface area (Å²) < 4.78 is 0. The summed E-state index contributed by atoms with van der Waals surface area (Å²) >= 11 is 0. The van der Waals surface area contributed by atoms with Crippen LogP contribution in [0.5, 0.6) is 0 Å². The van der Waals surface area contributed by atoms with Gasteiger partial charge in [-0.15, -0.1) is 0 Å². The van der Waals surface area contributed by atoms with Gasteiger partial charge in [-0.1, -0.05) is 18.2 Å². The monoisotopic (exact) mass is 293 g/mol. The maximum atomic E-state index is 12.1. The first-order valence-electron chi connectivity index (χ1n) is 7.28. The molecule has 1 aromatic carbocycles. The van der Waals surface area contributed by atoms with E-state index in [-0.39, 0.29) is 5.91 Å². The van der Waals surface area contributed by atoms with Crippen LogP contribution in [0, 0.1) is 0 Å². The maximum Gasteiger partial charge on any atom is 0.292 e. The first-order valence-corrected chi connectivity index (χ1v) is 7.28. The van der Waals surface area contributed by atoms with Crippen molar-refractivity contribution in [3.05, 3.63) is 53.0 Å². The molecule has 2 aromatic heterocycles. The first-order chi connectivity index (χ1) is 10.8. The average molecular weight is 293 g/mol. The van der Waals surface area contributed by atoms with E-state index in [4.69, 9.17) is 0 Å². The number of rotatable bonds is 3. The van der Waals surface area contributed by atoms with Gasteiger partial charge < -0.3 is 4.98 Å². The lowest BCUT2D eigenvalue weighted by Gasteiger charge is -1.97. The average Bonchev–Trinajstić information content (AvgIpc) is 3.22. The zero-order valence-electron chi connectivity index (χ0n) is 11.9. The molecule has 0 saturated heterocycles. The van der Waals surface area contributed by atoms with E-state index >= 15 is 0 Å². The molecule has 0 unspecified atom stereocenters. The molecule has 4 rings (SSSR count). The van der Waals surface area contributed by atoms with Crippen molar-refractivity contribution in [1.82, 2.24) is 20.6 Å². The fourth-order valence-electron chi connectivity index (χ4n) is 2.92. The number of hydrogen-bond acceptors (Lipinski definition) is 3. The number of H-pyrrole nitrogens is 2. The molecule has 110 valence electrons. The number of aromatic amines is 2. The molecule has 0 atom stereocenters. The van der Waals surface area contributed by atoms with Crippen LogP contribution in [0.1, 0.15) is 33.7 Å². The molecule has 1 aliphatic carbocycles. The van der Waals surface area contributed by atoms with Gasteiger partial charge in [0.2, 0.25) is 0 Å². The number of carbonyl (C=O) groups is 1. The summed E-state index contributed by atoms with van der Waals surface area (Å²) in [5, 5.41) is 12.1. The second kappa shape index (κ2) is 5.14. The number of hydrazone groups is 1. The van der Waals surface area contributed by atoms with Crippen LogP contribution in [0.3, 0.4) is 0 Å². The summed E-state index contributed by atoms with van der Waals surface area (Å²) in [4.78, 5) is 15.3. The molecule has 3 N–H and O–H groups in total.